The number of benzene rings is 1. The zero-order chi connectivity index (χ0) is 27.6. The minimum atomic E-state index is -0.703. The van der Waals surface area contributed by atoms with Crippen LogP contribution in [0.1, 0.15) is 90.0 Å². The first kappa shape index (κ1) is 29.6. The van der Waals surface area contributed by atoms with Crippen LogP contribution in [0.5, 0.6) is 11.5 Å². The van der Waals surface area contributed by atoms with Gasteiger partial charge in [-0.1, -0.05) is 32.3 Å². The van der Waals surface area contributed by atoms with E-state index in [9.17, 15) is 15.3 Å². The summed E-state index contributed by atoms with van der Waals surface area (Å²) in [7, 11) is 0. The minimum Gasteiger partial charge on any atom is -0.504 e. The van der Waals surface area contributed by atoms with Gasteiger partial charge in [-0.3, -0.25) is 0 Å². The molecule has 1 aliphatic carbocycles. The summed E-state index contributed by atoms with van der Waals surface area (Å²) < 4.78 is 10.8. The topological polar surface area (TPSA) is 95.1 Å². The van der Waals surface area contributed by atoms with Gasteiger partial charge in [0.25, 0.3) is 0 Å². The van der Waals surface area contributed by atoms with E-state index >= 15 is 0 Å². The standard InChI is InChI=1S/C33H47NO5/c1-3-4-9-28-13-14-29(39-28)12-10-24-11-16-32(37)33(20-24)38-19-18-27-21-26(22-34-27)30(25-7-5-6-8-25)15-17-31(36)23(2)35/h11,13-14,16,20-23,25,28,30-31,35-36,39H,3-10,12,15,17-19H2,1-2H3/p+1/t23-,28?,30+,31-/m0/s1. The van der Waals surface area contributed by atoms with E-state index in [1.165, 1.54) is 44.4 Å². The lowest BCUT2D eigenvalue weighted by atomic mass is 9.77. The molecule has 4 rings (SSSR count). The summed E-state index contributed by atoms with van der Waals surface area (Å²) in [6.07, 6.45) is 21.0. The van der Waals surface area contributed by atoms with Gasteiger partial charge in [0, 0.05) is 6.42 Å². The molecule has 1 aromatic carbocycles. The smallest absolute Gasteiger partial charge is 0.178 e. The molecular weight excluding hydrogens is 490 g/mol. The summed E-state index contributed by atoms with van der Waals surface area (Å²) in [6, 6.07) is 5.61. The van der Waals surface area contributed by atoms with Gasteiger partial charge in [-0.2, -0.15) is 0 Å². The SMILES string of the molecule is CCCCC1C=C[C-](CCc2ccc(O)c(OCCC3=C[C+]([C@H](CC[C@H](O)[C@H](C)O)C4CCCC4)C=N3)c2)[OH+]1. The van der Waals surface area contributed by atoms with E-state index in [0.717, 1.165) is 43.0 Å². The van der Waals surface area contributed by atoms with Crippen molar-refractivity contribution in [3.63, 3.8) is 0 Å². The number of phenols is 1. The summed E-state index contributed by atoms with van der Waals surface area (Å²) in [5.41, 5.74) is 2.12. The van der Waals surface area contributed by atoms with Crippen LogP contribution in [0.25, 0.3) is 0 Å². The molecule has 39 heavy (non-hydrogen) atoms. The molecule has 4 atom stereocenters. The lowest BCUT2D eigenvalue weighted by molar-refractivity contribution is -0.0480. The number of nitrogens with zero attached hydrogens (tertiary/aromatic N) is 1. The van der Waals surface area contributed by atoms with Crippen molar-refractivity contribution in [3.05, 3.63) is 59.7 Å². The highest BCUT2D eigenvalue weighted by Crippen LogP contribution is 2.41. The van der Waals surface area contributed by atoms with Gasteiger partial charge >= 0.3 is 0 Å². The first-order chi connectivity index (χ1) is 18.9. The van der Waals surface area contributed by atoms with E-state index < -0.39 is 12.2 Å². The number of hydrogen-bond acceptors (Lipinski definition) is 5. The third kappa shape index (κ3) is 8.79. The fourth-order valence-corrected chi connectivity index (χ4v) is 6.00. The Kier molecular flexibility index (Phi) is 11.2. The predicted octanol–water partition coefficient (Wildman–Crippen LogP) is 6.15. The average Bonchev–Trinajstić information content (AvgIpc) is 3.71. The summed E-state index contributed by atoms with van der Waals surface area (Å²) in [4.78, 5) is 4.67. The molecule has 2 heterocycles. The molecule has 214 valence electrons. The van der Waals surface area contributed by atoms with Crippen LogP contribution < -0.4 is 4.74 Å². The number of aliphatic hydroxyl groups is 4. The monoisotopic (exact) mass is 538 g/mol. The summed E-state index contributed by atoms with van der Waals surface area (Å²) >= 11 is 0. The second-order valence-electron chi connectivity index (χ2n) is 11.5. The van der Waals surface area contributed by atoms with Crippen LogP contribution in [0.15, 0.2) is 47.1 Å². The van der Waals surface area contributed by atoms with E-state index in [4.69, 9.17) is 9.47 Å². The highest BCUT2D eigenvalue weighted by molar-refractivity contribution is 5.83. The molecule has 6 heteroatoms. The van der Waals surface area contributed by atoms with Crippen molar-refractivity contribution >= 4 is 6.21 Å². The van der Waals surface area contributed by atoms with Gasteiger partial charge in [0.15, 0.2) is 17.2 Å². The normalized spacial score (nSPS) is 21.5. The molecule has 2 aliphatic heterocycles. The number of aliphatic imine (C=N–C) groups is 1. The van der Waals surface area contributed by atoms with E-state index in [1.807, 2.05) is 18.3 Å². The van der Waals surface area contributed by atoms with Crippen LogP contribution in [0.2, 0.25) is 0 Å². The van der Waals surface area contributed by atoms with Gasteiger partial charge in [0.2, 0.25) is 0 Å². The van der Waals surface area contributed by atoms with E-state index in [0.29, 0.717) is 43.1 Å². The zero-order valence-corrected chi connectivity index (χ0v) is 23.8. The molecule has 3 aliphatic rings. The predicted molar refractivity (Wildman–Crippen MR) is 157 cm³/mol. The Hall–Kier alpha value is -2.41. The van der Waals surface area contributed by atoms with Gasteiger partial charge < -0.3 is 24.8 Å². The lowest BCUT2D eigenvalue weighted by Crippen LogP contribution is -2.26. The van der Waals surface area contributed by atoms with Crippen LogP contribution in [-0.2, 0) is 6.42 Å². The zero-order valence-electron chi connectivity index (χ0n) is 23.8. The Morgan fingerprint density at radius 1 is 1.18 bits per heavy atom. The number of aliphatic hydroxyl groups excluding tert-OH is 2. The Balaban J connectivity index is 1.25. The number of rotatable bonds is 16. The van der Waals surface area contributed by atoms with Crippen molar-refractivity contribution in [1.29, 1.82) is 0 Å². The number of phenolic OH excluding ortho intramolecular Hbond substituents is 1. The Morgan fingerprint density at radius 2 is 2.00 bits per heavy atom. The van der Waals surface area contributed by atoms with E-state index in [-0.39, 0.29) is 5.75 Å². The molecule has 1 fully saturated rings. The summed E-state index contributed by atoms with van der Waals surface area (Å²) in [6.45, 7) is 4.30. The number of unbranched alkanes of at least 4 members (excludes halogenated alkanes) is 1. The summed E-state index contributed by atoms with van der Waals surface area (Å²) in [5.74, 6) is 2.89. The van der Waals surface area contributed by atoms with Crippen molar-refractivity contribution in [2.24, 2.45) is 16.8 Å². The highest BCUT2D eigenvalue weighted by atomic mass is 16.5. The van der Waals surface area contributed by atoms with Crippen LogP contribution in [0, 0.1) is 23.9 Å². The Labute approximate surface area is 234 Å². The van der Waals surface area contributed by atoms with Crippen molar-refractivity contribution in [1.82, 2.24) is 0 Å². The maximum Gasteiger partial charge on any atom is 0.178 e. The third-order valence-electron chi connectivity index (χ3n) is 8.45. The third-order valence-corrected chi connectivity index (χ3v) is 8.45. The second-order valence-corrected chi connectivity index (χ2v) is 11.5. The minimum absolute atomic E-state index is 0.158. The number of aromatic hydroxyl groups is 1. The van der Waals surface area contributed by atoms with Crippen LogP contribution >= 0.6 is 0 Å². The summed E-state index contributed by atoms with van der Waals surface area (Å²) in [5, 5.41) is 30.2. The molecular formula is C33H48NO5+. The fourth-order valence-electron chi connectivity index (χ4n) is 6.00. The van der Waals surface area contributed by atoms with Gasteiger partial charge in [-0.05, 0) is 75.5 Å². The maximum absolute atomic E-state index is 10.4. The van der Waals surface area contributed by atoms with Crippen molar-refractivity contribution in [3.8, 4) is 11.5 Å². The molecule has 1 aromatic rings. The Morgan fingerprint density at radius 3 is 2.77 bits per heavy atom. The molecule has 6 nitrogen and oxygen atoms in total. The van der Waals surface area contributed by atoms with Gasteiger partial charge in [0.05, 0.1) is 30.7 Å². The average molecular weight is 539 g/mol. The van der Waals surface area contributed by atoms with Gasteiger partial charge in [-0.15, -0.1) is 17.1 Å². The maximum atomic E-state index is 10.4. The van der Waals surface area contributed by atoms with Gasteiger partial charge in [-0.25, -0.2) is 0 Å². The second kappa shape index (κ2) is 14.8. The van der Waals surface area contributed by atoms with Gasteiger partial charge in [0.1, 0.15) is 30.9 Å². The number of hydrogen-bond donors (Lipinski definition) is 3. The molecule has 1 saturated carbocycles. The molecule has 0 radical (unpaired) electrons. The molecule has 0 saturated heterocycles. The van der Waals surface area contributed by atoms with E-state index in [1.54, 1.807) is 13.0 Å². The van der Waals surface area contributed by atoms with Crippen LogP contribution in [0.3, 0.4) is 0 Å². The fraction of sp³-hybridized carbons (Fsp3) is 0.606. The molecule has 4 N–H and O–H groups in total. The molecule has 0 aromatic heterocycles. The van der Waals surface area contributed by atoms with Crippen LogP contribution in [0.4, 0.5) is 0 Å². The van der Waals surface area contributed by atoms with E-state index in [2.05, 4.69) is 30.1 Å². The largest absolute Gasteiger partial charge is 0.504 e. The van der Waals surface area contributed by atoms with Crippen molar-refractivity contribution < 1.29 is 24.8 Å². The molecule has 1 unspecified atom stereocenters. The Bertz CT molecular complexity index is 980. The lowest BCUT2D eigenvalue weighted by Gasteiger charge is -2.23. The van der Waals surface area contributed by atoms with Crippen molar-refractivity contribution in [2.45, 2.75) is 109 Å². The quantitative estimate of drug-likeness (QED) is 0.174. The van der Waals surface area contributed by atoms with Crippen molar-refractivity contribution in [2.75, 3.05) is 6.61 Å². The molecule has 0 amide bonds. The molecule has 0 spiro atoms. The number of ether oxygens (including phenoxy) is 2. The first-order valence-electron chi connectivity index (χ1n) is 15.1. The highest BCUT2D eigenvalue weighted by Gasteiger charge is 2.38. The first-order valence-corrected chi connectivity index (χ1v) is 15.1. The molecule has 0 bridgehead atoms. The number of aryl methyl sites for hydroxylation is 1. The van der Waals surface area contributed by atoms with Crippen LogP contribution in [-0.4, -0.2) is 51.2 Å². The number of allylic oxidation sites excluding steroid dienone is 1.